The maximum absolute atomic E-state index is 12.7. The van der Waals surface area contributed by atoms with Crippen molar-refractivity contribution in [2.75, 3.05) is 6.54 Å². The molecule has 1 aliphatic heterocycles. The molecule has 0 aliphatic carbocycles. The number of rotatable bonds is 5. The summed E-state index contributed by atoms with van der Waals surface area (Å²) in [6, 6.07) is 6.48. The molecule has 1 aromatic carbocycles. The molecule has 2 aromatic rings. The number of aryl methyl sites for hydroxylation is 1. The molecule has 0 radical (unpaired) electrons. The Morgan fingerprint density at radius 2 is 1.96 bits per heavy atom. The van der Waals surface area contributed by atoms with Crippen molar-refractivity contribution in [1.29, 1.82) is 0 Å². The quantitative estimate of drug-likeness (QED) is 0.654. The number of aromatic amines is 1. The maximum atomic E-state index is 12.7. The van der Waals surface area contributed by atoms with Crippen molar-refractivity contribution in [1.82, 2.24) is 15.2 Å². The van der Waals surface area contributed by atoms with Gasteiger partial charge >= 0.3 is 6.03 Å². The largest absolute Gasteiger partial charge is 0.358 e. The van der Waals surface area contributed by atoms with Crippen LogP contribution in [-0.4, -0.2) is 40.2 Å². The molecule has 2 N–H and O–H groups in total. The molecule has 0 spiro atoms. The first-order valence-electron chi connectivity index (χ1n) is 8.11. The van der Waals surface area contributed by atoms with Gasteiger partial charge in [0.15, 0.2) is 5.78 Å². The van der Waals surface area contributed by atoms with Crippen molar-refractivity contribution in [3.63, 3.8) is 0 Å². The summed E-state index contributed by atoms with van der Waals surface area (Å²) in [5.41, 5.74) is 2.15. The van der Waals surface area contributed by atoms with Gasteiger partial charge in [-0.3, -0.25) is 14.5 Å². The third-order valence-electron chi connectivity index (χ3n) is 4.29. The number of fused-ring (bicyclic) bond motifs is 1. The number of H-pyrrole nitrogens is 1. The fourth-order valence-corrected chi connectivity index (χ4v) is 3.22. The minimum atomic E-state index is -0.533. The monoisotopic (exact) mass is 327 g/mol. The molecule has 24 heavy (non-hydrogen) atoms. The Bertz CT molecular complexity index is 822. The number of hydrogen-bond acceptors (Lipinski definition) is 3. The molecule has 3 amide bonds. The summed E-state index contributed by atoms with van der Waals surface area (Å²) >= 11 is 0. The molecule has 2 heterocycles. The van der Waals surface area contributed by atoms with Crippen LogP contribution in [0, 0.1) is 12.8 Å². The van der Waals surface area contributed by atoms with Gasteiger partial charge in [-0.05, 0) is 25.3 Å². The number of carbonyl (C=O) groups is 3. The van der Waals surface area contributed by atoms with Crippen LogP contribution in [0.2, 0.25) is 0 Å². The van der Waals surface area contributed by atoms with Gasteiger partial charge in [-0.25, -0.2) is 4.79 Å². The first-order valence-corrected chi connectivity index (χ1v) is 8.11. The van der Waals surface area contributed by atoms with Crippen LogP contribution in [0.3, 0.4) is 0 Å². The number of hydrogen-bond donors (Lipinski definition) is 2. The number of carbonyl (C=O) groups excluding carboxylic acids is 3. The molecular formula is C18H21N3O3. The molecule has 3 rings (SSSR count). The second kappa shape index (κ2) is 6.11. The number of urea groups is 1. The standard InChI is InChI=1S/C18H21N3O3/c1-10(2)8-14-17(23)21(18(24)20-14)9-15(22)16-11(3)19-13-7-5-4-6-12(13)16/h4-7,10,14,19H,8-9H2,1-3H3,(H,20,24)/t14-/m1/s1. The third-order valence-corrected chi connectivity index (χ3v) is 4.29. The molecule has 6 heteroatoms. The van der Waals surface area contributed by atoms with Crippen LogP contribution in [0.4, 0.5) is 4.79 Å². The van der Waals surface area contributed by atoms with E-state index in [-0.39, 0.29) is 24.2 Å². The van der Waals surface area contributed by atoms with Crippen molar-refractivity contribution in [3.05, 3.63) is 35.5 Å². The zero-order valence-electron chi connectivity index (χ0n) is 14.1. The van der Waals surface area contributed by atoms with Crippen LogP contribution >= 0.6 is 0 Å². The predicted octanol–water partition coefficient (Wildman–Crippen LogP) is 2.63. The van der Waals surface area contributed by atoms with Gasteiger partial charge < -0.3 is 10.3 Å². The summed E-state index contributed by atoms with van der Waals surface area (Å²) in [5, 5.41) is 3.48. The van der Waals surface area contributed by atoms with Gasteiger partial charge in [0, 0.05) is 22.2 Å². The minimum Gasteiger partial charge on any atom is -0.358 e. The molecule has 1 aliphatic rings. The van der Waals surface area contributed by atoms with Gasteiger partial charge in [-0.2, -0.15) is 0 Å². The highest BCUT2D eigenvalue weighted by Crippen LogP contribution is 2.23. The zero-order chi connectivity index (χ0) is 17.4. The molecule has 1 saturated heterocycles. The highest BCUT2D eigenvalue weighted by molar-refractivity contribution is 6.14. The van der Waals surface area contributed by atoms with Gasteiger partial charge in [0.1, 0.15) is 6.04 Å². The normalized spacial score (nSPS) is 17.8. The number of para-hydroxylation sites is 1. The van der Waals surface area contributed by atoms with E-state index in [0.29, 0.717) is 12.0 Å². The van der Waals surface area contributed by atoms with E-state index in [9.17, 15) is 14.4 Å². The topological polar surface area (TPSA) is 82.3 Å². The van der Waals surface area contributed by atoms with E-state index in [2.05, 4.69) is 10.3 Å². The molecule has 0 bridgehead atoms. The number of nitrogens with one attached hydrogen (secondary N) is 2. The number of amides is 3. The maximum Gasteiger partial charge on any atom is 0.325 e. The van der Waals surface area contributed by atoms with Gasteiger partial charge in [0.25, 0.3) is 5.91 Å². The predicted molar refractivity (Wildman–Crippen MR) is 90.9 cm³/mol. The molecule has 0 saturated carbocycles. The van der Waals surface area contributed by atoms with Crippen molar-refractivity contribution < 1.29 is 14.4 Å². The number of benzene rings is 1. The van der Waals surface area contributed by atoms with Crippen molar-refractivity contribution in [3.8, 4) is 0 Å². The Morgan fingerprint density at radius 1 is 1.25 bits per heavy atom. The molecule has 0 unspecified atom stereocenters. The van der Waals surface area contributed by atoms with Crippen LogP contribution in [0.25, 0.3) is 10.9 Å². The summed E-state index contributed by atoms with van der Waals surface area (Å²) in [6.07, 6.45) is 0.571. The van der Waals surface area contributed by atoms with Crippen LogP contribution in [0.1, 0.15) is 36.3 Å². The average molecular weight is 327 g/mol. The fraction of sp³-hybridized carbons (Fsp3) is 0.389. The lowest BCUT2D eigenvalue weighted by Gasteiger charge is -2.13. The van der Waals surface area contributed by atoms with Crippen LogP contribution in [-0.2, 0) is 4.79 Å². The van der Waals surface area contributed by atoms with Crippen LogP contribution in [0.15, 0.2) is 24.3 Å². The summed E-state index contributed by atoms with van der Waals surface area (Å²) in [7, 11) is 0. The van der Waals surface area contributed by atoms with E-state index in [1.807, 2.05) is 45.0 Å². The zero-order valence-corrected chi connectivity index (χ0v) is 14.1. The van der Waals surface area contributed by atoms with Crippen molar-refractivity contribution in [2.24, 2.45) is 5.92 Å². The molecule has 1 fully saturated rings. The third kappa shape index (κ3) is 2.79. The lowest BCUT2D eigenvalue weighted by molar-refractivity contribution is -0.127. The Kier molecular flexibility index (Phi) is 4.13. The lowest BCUT2D eigenvalue weighted by atomic mass is 10.0. The van der Waals surface area contributed by atoms with E-state index < -0.39 is 12.1 Å². The number of Topliss-reactive ketones (excluding diaryl/α,β-unsaturated/α-hetero) is 1. The molecule has 126 valence electrons. The average Bonchev–Trinajstić information content (AvgIpc) is 2.97. The van der Waals surface area contributed by atoms with Crippen LogP contribution in [0.5, 0.6) is 0 Å². The Labute approximate surface area is 140 Å². The lowest BCUT2D eigenvalue weighted by Crippen LogP contribution is -2.36. The second-order valence-electron chi connectivity index (χ2n) is 6.65. The highest BCUT2D eigenvalue weighted by atomic mass is 16.2. The molecule has 1 aromatic heterocycles. The van der Waals surface area contributed by atoms with E-state index in [4.69, 9.17) is 0 Å². The SMILES string of the molecule is Cc1[nH]c2ccccc2c1C(=O)CN1C(=O)N[C@H](CC(C)C)C1=O. The number of aromatic nitrogens is 1. The molecular weight excluding hydrogens is 306 g/mol. The molecule has 6 nitrogen and oxygen atoms in total. The smallest absolute Gasteiger partial charge is 0.325 e. The van der Waals surface area contributed by atoms with E-state index in [0.717, 1.165) is 21.5 Å². The van der Waals surface area contributed by atoms with Crippen LogP contribution < -0.4 is 5.32 Å². The number of imide groups is 1. The number of nitrogens with zero attached hydrogens (tertiary/aromatic N) is 1. The Hall–Kier alpha value is -2.63. The van der Waals surface area contributed by atoms with Gasteiger partial charge in [0.2, 0.25) is 0 Å². The van der Waals surface area contributed by atoms with Gasteiger partial charge in [0.05, 0.1) is 6.54 Å². The van der Waals surface area contributed by atoms with Gasteiger partial charge in [-0.15, -0.1) is 0 Å². The minimum absolute atomic E-state index is 0.234. The second-order valence-corrected chi connectivity index (χ2v) is 6.65. The Morgan fingerprint density at radius 3 is 2.67 bits per heavy atom. The first-order chi connectivity index (χ1) is 11.4. The van der Waals surface area contributed by atoms with E-state index in [1.165, 1.54) is 0 Å². The summed E-state index contributed by atoms with van der Waals surface area (Å²) in [5.74, 6) is -0.274. The first kappa shape index (κ1) is 16.2. The molecule has 1 atom stereocenters. The summed E-state index contributed by atoms with van der Waals surface area (Å²) in [6.45, 7) is 5.56. The highest BCUT2D eigenvalue weighted by Gasteiger charge is 2.39. The van der Waals surface area contributed by atoms with Gasteiger partial charge in [-0.1, -0.05) is 32.0 Å². The van der Waals surface area contributed by atoms with Crippen molar-refractivity contribution in [2.45, 2.75) is 33.2 Å². The number of ketones is 1. The van der Waals surface area contributed by atoms with E-state index >= 15 is 0 Å². The fourth-order valence-electron chi connectivity index (χ4n) is 3.22. The summed E-state index contributed by atoms with van der Waals surface area (Å²) < 4.78 is 0. The Balaban J connectivity index is 1.83. The van der Waals surface area contributed by atoms with E-state index in [1.54, 1.807) is 0 Å². The summed E-state index contributed by atoms with van der Waals surface area (Å²) in [4.78, 5) is 41.4. The van der Waals surface area contributed by atoms with Crippen molar-refractivity contribution >= 4 is 28.6 Å².